The molecular weight excluding hydrogens is 176 g/mol. The minimum absolute atomic E-state index is 0.836. The Hall–Kier alpha value is -0.300. The zero-order valence-electron chi connectivity index (χ0n) is 5.65. The molecular formula is C8H11Br. The SMILES string of the molecule is C=C/C=C(/C)C(=C)CBr. The summed E-state index contributed by atoms with van der Waals surface area (Å²) in [4.78, 5) is 0. The molecule has 0 heterocycles. The highest BCUT2D eigenvalue weighted by Crippen LogP contribution is 2.08. The highest BCUT2D eigenvalue weighted by molar-refractivity contribution is 9.09. The molecule has 0 aliphatic rings. The summed E-state index contributed by atoms with van der Waals surface area (Å²) >= 11 is 3.31. The Morgan fingerprint density at radius 2 is 2.22 bits per heavy atom. The molecule has 0 N–H and O–H groups in total. The first-order valence-electron chi connectivity index (χ1n) is 2.75. The molecule has 0 aromatic heterocycles. The quantitative estimate of drug-likeness (QED) is 0.470. The third-order valence-electron chi connectivity index (χ3n) is 1.09. The van der Waals surface area contributed by atoms with Crippen LogP contribution in [0.25, 0.3) is 0 Å². The summed E-state index contributed by atoms with van der Waals surface area (Å²) in [5, 5.41) is 0.836. The largest absolute Gasteiger partial charge is 0.0991 e. The number of rotatable bonds is 3. The van der Waals surface area contributed by atoms with Gasteiger partial charge in [-0.25, -0.2) is 0 Å². The van der Waals surface area contributed by atoms with Gasteiger partial charge < -0.3 is 0 Å². The Labute approximate surface area is 65.1 Å². The maximum Gasteiger partial charge on any atom is 0.0279 e. The Balaban J connectivity index is 4.01. The molecule has 9 heavy (non-hydrogen) atoms. The maximum atomic E-state index is 3.83. The van der Waals surface area contributed by atoms with Gasteiger partial charge in [0.1, 0.15) is 0 Å². The Morgan fingerprint density at radius 1 is 1.67 bits per heavy atom. The molecule has 0 aromatic carbocycles. The highest BCUT2D eigenvalue weighted by atomic mass is 79.9. The van der Waals surface area contributed by atoms with Crippen molar-refractivity contribution in [1.82, 2.24) is 0 Å². The van der Waals surface area contributed by atoms with E-state index in [4.69, 9.17) is 0 Å². The van der Waals surface area contributed by atoms with Gasteiger partial charge >= 0.3 is 0 Å². The van der Waals surface area contributed by atoms with Crippen molar-refractivity contribution in [2.45, 2.75) is 6.92 Å². The van der Waals surface area contributed by atoms with Gasteiger partial charge in [-0.3, -0.25) is 0 Å². The molecule has 0 aliphatic carbocycles. The van der Waals surface area contributed by atoms with Crippen molar-refractivity contribution in [1.29, 1.82) is 0 Å². The third-order valence-corrected chi connectivity index (χ3v) is 1.76. The van der Waals surface area contributed by atoms with Crippen LogP contribution in [-0.2, 0) is 0 Å². The molecule has 0 radical (unpaired) electrons. The van der Waals surface area contributed by atoms with Crippen LogP contribution in [0.15, 0.2) is 36.5 Å². The maximum absolute atomic E-state index is 3.83. The van der Waals surface area contributed by atoms with Crippen LogP contribution >= 0.6 is 15.9 Å². The van der Waals surface area contributed by atoms with Crippen LogP contribution in [0.5, 0.6) is 0 Å². The molecule has 0 fully saturated rings. The van der Waals surface area contributed by atoms with Crippen LogP contribution in [0.4, 0.5) is 0 Å². The molecule has 0 unspecified atom stereocenters. The van der Waals surface area contributed by atoms with Gasteiger partial charge in [-0.05, 0) is 18.1 Å². The van der Waals surface area contributed by atoms with Crippen molar-refractivity contribution in [2.24, 2.45) is 0 Å². The first-order chi connectivity index (χ1) is 4.22. The lowest BCUT2D eigenvalue weighted by molar-refractivity contribution is 1.39. The van der Waals surface area contributed by atoms with Crippen LogP contribution in [0, 0.1) is 0 Å². The molecule has 0 spiro atoms. The van der Waals surface area contributed by atoms with Crippen LogP contribution in [0.3, 0.4) is 0 Å². The molecule has 1 heteroatoms. The van der Waals surface area contributed by atoms with Crippen LogP contribution in [0.1, 0.15) is 6.92 Å². The van der Waals surface area contributed by atoms with E-state index < -0.39 is 0 Å². The fourth-order valence-electron chi connectivity index (χ4n) is 0.400. The molecule has 0 nitrogen and oxygen atoms in total. The third kappa shape index (κ3) is 3.31. The average Bonchev–Trinajstić information content (AvgIpc) is 1.87. The van der Waals surface area contributed by atoms with E-state index in [0.717, 1.165) is 10.9 Å². The van der Waals surface area contributed by atoms with E-state index in [9.17, 15) is 0 Å². The average molecular weight is 187 g/mol. The molecule has 0 bridgehead atoms. The van der Waals surface area contributed by atoms with Crippen LogP contribution in [-0.4, -0.2) is 5.33 Å². The highest BCUT2D eigenvalue weighted by Gasteiger charge is 1.90. The predicted octanol–water partition coefficient (Wildman–Crippen LogP) is 3.07. The number of hydrogen-bond donors (Lipinski definition) is 0. The van der Waals surface area contributed by atoms with E-state index in [0.29, 0.717) is 0 Å². The van der Waals surface area contributed by atoms with Crippen molar-refractivity contribution >= 4 is 15.9 Å². The molecule has 0 amide bonds. The lowest BCUT2D eigenvalue weighted by Gasteiger charge is -1.97. The summed E-state index contributed by atoms with van der Waals surface area (Å²) in [6, 6.07) is 0. The van der Waals surface area contributed by atoms with Gasteiger partial charge in [0.2, 0.25) is 0 Å². The van der Waals surface area contributed by atoms with Crippen molar-refractivity contribution in [2.75, 3.05) is 5.33 Å². The summed E-state index contributed by atoms with van der Waals surface area (Å²) in [7, 11) is 0. The van der Waals surface area contributed by atoms with Crippen molar-refractivity contribution in [3.8, 4) is 0 Å². The van der Waals surface area contributed by atoms with E-state index in [2.05, 4.69) is 29.1 Å². The number of allylic oxidation sites excluding steroid dienone is 4. The summed E-state index contributed by atoms with van der Waals surface area (Å²) in [5.74, 6) is 0. The van der Waals surface area contributed by atoms with Gasteiger partial charge in [0.25, 0.3) is 0 Å². The Morgan fingerprint density at radius 3 is 2.56 bits per heavy atom. The van der Waals surface area contributed by atoms with Gasteiger partial charge in [-0.15, -0.1) is 0 Å². The normalized spacial score (nSPS) is 11.1. The monoisotopic (exact) mass is 186 g/mol. The smallest absolute Gasteiger partial charge is 0.0279 e. The minimum Gasteiger partial charge on any atom is -0.0991 e. The van der Waals surface area contributed by atoms with E-state index in [-0.39, 0.29) is 0 Å². The summed E-state index contributed by atoms with van der Waals surface area (Å²) in [6.07, 6.45) is 3.72. The van der Waals surface area contributed by atoms with Gasteiger partial charge in [-0.1, -0.05) is 41.2 Å². The molecule has 0 atom stereocenters. The van der Waals surface area contributed by atoms with Crippen molar-refractivity contribution in [3.63, 3.8) is 0 Å². The Kier molecular flexibility index (Phi) is 4.41. The van der Waals surface area contributed by atoms with Gasteiger partial charge in [-0.2, -0.15) is 0 Å². The van der Waals surface area contributed by atoms with Crippen LogP contribution < -0.4 is 0 Å². The zero-order chi connectivity index (χ0) is 7.28. The number of hydrogen-bond acceptors (Lipinski definition) is 0. The topological polar surface area (TPSA) is 0 Å². The second-order valence-corrected chi connectivity index (χ2v) is 2.38. The van der Waals surface area contributed by atoms with Crippen molar-refractivity contribution < 1.29 is 0 Å². The van der Waals surface area contributed by atoms with Crippen molar-refractivity contribution in [3.05, 3.63) is 36.5 Å². The second-order valence-electron chi connectivity index (χ2n) is 1.82. The lowest BCUT2D eigenvalue weighted by Crippen LogP contribution is -1.81. The van der Waals surface area contributed by atoms with E-state index in [1.54, 1.807) is 6.08 Å². The van der Waals surface area contributed by atoms with Gasteiger partial charge in [0, 0.05) is 5.33 Å². The summed E-state index contributed by atoms with van der Waals surface area (Å²) in [5.41, 5.74) is 2.29. The molecule has 0 aromatic rings. The molecule has 0 saturated heterocycles. The standard InChI is InChI=1S/C8H11Br/c1-4-5-7(2)8(3)6-9/h4-5H,1,3,6H2,2H3/b7-5-. The molecule has 0 saturated carbocycles. The lowest BCUT2D eigenvalue weighted by atomic mass is 10.1. The fourth-order valence-corrected chi connectivity index (χ4v) is 0.842. The molecule has 0 rings (SSSR count). The molecule has 50 valence electrons. The first kappa shape index (κ1) is 8.70. The Bertz CT molecular complexity index is 143. The molecule has 0 aliphatic heterocycles. The van der Waals surface area contributed by atoms with E-state index in [1.807, 2.05) is 13.0 Å². The number of halogens is 1. The van der Waals surface area contributed by atoms with Gasteiger partial charge in [0.15, 0.2) is 0 Å². The zero-order valence-corrected chi connectivity index (χ0v) is 7.24. The first-order valence-corrected chi connectivity index (χ1v) is 3.88. The summed E-state index contributed by atoms with van der Waals surface area (Å²) < 4.78 is 0. The summed E-state index contributed by atoms with van der Waals surface area (Å²) in [6.45, 7) is 9.43. The number of alkyl halides is 1. The van der Waals surface area contributed by atoms with Crippen LogP contribution in [0.2, 0.25) is 0 Å². The fraction of sp³-hybridized carbons (Fsp3) is 0.250. The van der Waals surface area contributed by atoms with E-state index in [1.165, 1.54) is 5.57 Å². The minimum atomic E-state index is 0.836. The van der Waals surface area contributed by atoms with E-state index >= 15 is 0 Å². The second kappa shape index (κ2) is 4.57. The predicted molar refractivity (Wildman–Crippen MR) is 46.9 cm³/mol. The van der Waals surface area contributed by atoms with Gasteiger partial charge in [0.05, 0.1) is 0 Å².